The van der Waals surface area contributed by atoms with Crippen molar-refractivity contribution in [3.63, 3.8) is 0 Å². The van der Waals surface area contributed by atoms with Crippen LogP contribution in [-0.2, 0) is 49.6 Å². The van der Waals surface area contributed by atoms with E-state index in [1.165, 1.54) is 76.8 Å². The van der Waals surface area contributed by atoms with Crippen molar-refractivity contribution >= 4 is 80.6 Å². The summed E-state index contributed by atoms with van der Waals surface area (Å²) in [6.45, 7) is 20.7. The Hall–Kier alpha value is -7.15. The minimum Gasteiger partial charge on any atom is -0.354 e. The second kappa shape index (κ2) is 30.2. The van der Waals surface area contributed by atoms with Crippen LogP contribution in [0.15, 0.2) is 42.5 Å². The number of nitrogens with zero attached hydrogens (tertiary/aromatic N) is 3. The molecule has 1 saturated carbocycles. The van der Waals surface area contributed by atoms with Gasteiger partial charge in [-0.15, -0.1) is 11.3 Å². The van der Waals surface area contributed by atoms with Crippen LogP contribution in [0.3, 0.4) is 0 Å². The van der Waals surface area contributed by atoms with Crippen LogP contribution in [0.5, 0.6) is 0 Å². The van der Waals surface area contributed by atoms with Crippen LogP contribution in [-0.4, -0.2) is 160 Å². The number of likely N-dealkylation sites (tertiary alicyclic amines) is 1. The Balaban J connectivity index is 1.25. The van der Waals surface area contributed by atoms with Crippen LogP contribution in [0.4, 0.5) is 8.78 Å². The SMILES string of the molecule is CC(C)CC(NC(=O)C(Cc1nc2ccc(F)cc2s1)NC(=O)[C@@H]1CCCN1C(=O)c1ccc(F)cc1)C(=O)NC(C)(C)C(=O)NC(CC(C)C)C(=O)NC(CC(C)C)C(=O)NC(C)(C)C(=O)NC(C)(C)C(=O)NCCC(=O)NC1(CN(C)C)CCC1. The molecular weight excluding hydrogens is 1140 g/mol. The molecule has 22 nitrogen and oxygen atoms in total. The molecule has 2 heterocycles. The Labute approximate surface area is 513 Å². The molecule has 1 aliphatic heterocycles. The van der Waals surface area contributed by atoms with Gasteiger partial charge < -0.3 is 57.7 Å². The lowest BCUT2D eigenvalue weighted by Crippen LogP contribution is -2.65. The average Bonchev–Trinajstić information content (AvgIpc) is 2.85. The molecule has 5 rings (SSSR count). The molecule has 1 aromatic heterocycles. The molecule has 0 spiro atoms. The molecule has 0 radical (unpaired) electrons. The lowest BCUT2D eigenvalue weighted by atomic mass is 9.76. The molecule has 1 aliphatic carbocycles. The van der Waals surface area contributed by atoms with E-state index in [4.69, 9.17) is 0 Å². The van der Waals surface area contributed by atoms with Crippen molar-refractivity contribution in [2.45, 2.75) is 200 Å². The van der Waals surface area contributed by atoms with Crippen molar-refractivity contribution in [2.75, 3.05) is 33.7 Å². The number of hydrogen-bond donors (Lipinski definition) is 9. The fraction of sp³-hybridized carbons (Fsp3) is 0.629. The molecule has 10 amide bonds. The van der Waals surface area contributed by atoms with Gasteiger partial charge in [0.1, 0.15) is 58.5 Å². The zero-order valence-corrected chi connectivity index (χ0v) is 53.8. The molecule has 4 unspecified atom stereocenters. The molecular formula is C62H92F2N12O10S. The largest absolute Gasteiger partial charge is 0.354 e. The number of aromatic nitrogens is 1. The predicted octanol–water partition coefficient (Wildman–Crippen LogP) is 4.29. The van der Waals surface area contributed by atoms with Crippen molar-refractivity contribution in [1.29, 1.82) is 0 Å². The third-order valence-electron chi connectivity index (χ3n) is 15.3. The van der Waals surface area contributed by atoms with Crippen molar-refractivity contribution in [2.24, 2.45) is 17.8 Å². The Morgan fingerprint density at radius 3 is 1.69 bits per heavy atom. The summed E-state index contributed by atoms with van der Waals surface area (Å²) in [6, 6.07) is 2.88. The number of thiazole rings is 1. The average molecular weight is 1240 g/mol. The van der Waals surface area contributed by atoms with Gasteiger partial charge in [-0.25, -0.2) is 13.8 Å². The minimum absolute atomic E-state index is 0.0299. The van der Waals surface area contributed by atoms with E-state index in [1.54, 1.807) is 0 Å². The minimum atomic E-state index is -1.73. The molecule has 2 fully saturated rings. The topological polar surface area (TPSA) is 298 Å². The fourth-order valence-electron chi connectivity index (χ4n) is 10.5. The summed E-state index contributed by atoms with van der Waals surface area (Å²) in [5, 5.41) is 25.4. The standard InChI is InChI=1S/C62H92F2N12O10S/c1-35(2)29-42(50(78)67-44(31-37(5)6)53(81)73-61(11,12)58(86)74-59(7,8)56(84)65-27-24-48(77)71-62(25-16-26-62)34-75(13)14)70-57(85)60(9,10)72-52(80)43(30-36(3)4)68-51(79)45(33-49-66-41-23-22-40(64)32-47(41)87-49)69-54(82)46-17-15-28-76(46)55(83)38-18-20-39(63)21-19-38/h18-23,32,35-37,42-46H,15-17,24-31,33-34H2,1-14H3,(H,65,84)(H,67,78)(H,68,79)(H,69,82)(H,70,85)(H,71,77)(H,72,80)(H,73,81)(H,74,86)/t42?,43?,44?,45?,46-/m0/s1. The normalized spacial score (nSPS) is 16.5. The van der Waals surface area contributed by atoms with Gasteiger partial charge in [-0.2, -0.15) is 0 Å². The summed E-state index contributed by atoms with van der Waals surface area (Å²) in [7, 11) is 3.89. The number of carbonyl (C=O) groups excluding carboxylic acids is 10. The molecule has 3 aromatic rings. The summed E-state index contributed by atoms with van der Waals surface area (Å²) in [5.41, 5.74) is -4.47. The first-order chi connectivity index (χ1) is 40.5. The van der Waals surface area contributed by atoms with Crippen molar-refractivity contribution in [3.8, 4) is 0 Å². The number of fused-ring (bicyclic) bond motifs is 1. The van der Waals surface area contributed by atoms with E-state index in [0.717, 1.165) is 42.7 Å². The molecule has 1 saturated heterocycles. The lowest BCUT2D eigenvalue weighted by Gasteiger charge is -2.44. The third kappa shape index (κ3) is 20.5. The third-order valence-corrected chi connectivity index (χ3v) is 16.3. The maximum atomic E-state index is 14.6. The lowest BCUT2D eigenvalue weighted by molar-refractivity contribution is -0.139. The summed E-state index contributed by atoms with van der Waals surface area (Å²) >= 11 is 1.11. The predicted molar refractivity (Wildman–Crippen MR) is 327 cm³/mol. The molecule has 25 heteroatoms. The molecule has 9 N–H and O–H groups in total. The summed E-state index contributed by atoms with van der Waals surface area (Å²) in [6.07, 6.45) is 3.66. The van der Waals surface area contributed by atoms with Gasteiger partial charge in [0.25, 0.3) is 5.91 Å². The quantitative estimate of drug-likeness (QED) is 0.0452. The van der Waals surface area contributed by atoms with Crippen LogP contribution in [0.1, 0.15) is 156 Å². The van der Waals surface area contributed by atoms with Crippen LogP contribution in [0, 0.1) is 29.4 Å². The van der Waals surface area contributed by atoms with Gasteiger partial charge in [-0.1, -0.05) is 41.5 Å². The van der Waals surface area contributed by atoms with E-state index >= 15 is 0 Å². The van der Waals surface area contributed by atoms with Crippen molar-refractivity contribution < 1.29 is 56.7 Å². The van der Waals surface area contributed by atoms with Crippen LogP contribution in [0.2, 0.25) is 0 Å². The van der Waals surface area contributed by atoms with Gasteiger partial charge in [0.05, 0.1) is 20.8 Å². The van der Waals surface area contributed by atoms with E-state index in [1.807, 2.05) is 60.5 Å². The maximum absolute atomic E-state index is 14.6. The molecule has 2 aliphatic rings. The Bertz CT molecular complexity index is 2980. The van der Waals surface area contributed by atoms with E-state index in [-0.39, 0.29) is 86.4 Å². The summed E-state index contributed by atoms with van der Waals surface area (Å²) in [4.78, 5) is 147. The van der Waals surface area contributed by atoms with Gasteiger partial charge in [-0.3, -0.25) is 47.9 Å². The Morgan fingerprint density at radius 2 is 1.16 bits per heavy atom. The Morgan fingerprint density at radius 1 is 0.644 bits per heavy atom. The number of nitrogens with one attached hydrogen (secondary N) is 9. The molecule has 480 valence electrons. The highest BCUT2D eigenvalue weighted by Gasteiger charge is 2.43. The molecule has 2 aromatic carbocycles. The number of likely N-dealkylation sites (N-methyl/N-ethyl adjacent to an activating group) is 1. The number of benzene rings is 2. The molecule has 5 atom stereocenters. The second-order valence-corrected chi connectivity index (χ2v) is 27.5. The highest BCUT2D eigenvalue weighted by atomic mass is 32.1. The van der Waals surface area contributed by atoms with E-state index in [0.29, 0.717) is 28.2 Å². The first kappa shape index (κ1) is 70.6. The number of rotatable bonds is 30. The first-order valence-electron chi connectivity index (χ1n) is 30.0. The number of hydrogen-bond acceptors (Lipinski definition) is 13. The first-order valence-corrected chi connectivity index (χ1v) is 30.9. The molecule has 87 heavy (non-hydrogen) atoms. The van der Waals surface area contributed by atoms with Gasteiger partial charge in [0.2, 0.25) is 53.2 Å². The van der Waals surface area contributed by atoms with E-state index in [2.05, 4.69) is 52.8 Å². The summed E-state index contributed by atoms with van der Waals surface area (Å²) < 4.78 is 28.5. The van der Waals surface area contributed by atoms with E-state index < -0.39 is 112 Å². The zero-order chi connectivity index (χ0) is 64.9. The van der Waals surface area contributed by atoms with Gasteiger partial charge in [-0.05, 0) is 167 Å². The zero-order valence-electron chi connectivity index (χ0n) is 52.9. The highest BCUT2D eigenvalue weighted by Crippen LogP contribution is 2.32. The molecule has 0 bridgehead atoms. The second-order valence-electron chi connectivity index (χ2n) is 26.4. The number of halogens is 2. The summed E-state index contributed by atoms with van der Waals surface area (Å²) in [5.74, 6) is -7.91. The fourth-order valence-corrected chi connectivity index (χ4v) is 11.6. The van der Waals surface area contributed by atoms with Crippen LogP contribution in [0.25, 0.3) is 10.2 Å². The van der Waals surface area contributed by atoms with Gasteiger partial charge in [0.15, 0.2) is 0 Å². The van der Waals surface area contributed by atoms with E-state index in [9.17, 15) is 56.7 Å². The van der Waals surface area contributed by atoms with Crippen molar-refractivity contribution in [1.82, 2.24) is 62.6 Å². The monoisotopic (exact) mass is 1230 g/mol. The van der Waals surface area contributed by atoms with Gasteiger partial charge in [0, 0.05) is 38.0 Å². The van der Waals surface area contributed by atoms with Crippen molar-refractivity contribution in [3.05, 3.63) is 64.7 Å². The highest BCUT2D eigenvalue weighted by molar-refractivity contribution is 7.18. The number of carbonyl (C=O) groups is 10. The maximum Gasteiger partial charge on any atom is 0.254 e. The van der Waals surface area contributed by atoms with Gasteiger partial charge >= 0.3 is 0 Å². The van der Waals surface area contributed by atoms with Crippen LogP contribution < -0.4 is 47.9 Å². The van der Waals surface area contributed by atoms with Crippen LogP contribution >= 0.6 is 11.3 Å². The smallest absolute Gasteiger partial charge is 0.254 e. The number of amides is 10. The Kier molecular flexibility index (Phi) is 24.5.